The summed E-state index contributed by atoms with van der Waals surface area (Å²) < 4.78 is 116. The summed E-state index contributed by atoms with van der Waals surface area (Å²) in [4.78, 5) is 12.6. The number of hydrogen-bond acceptors (Lipinski definition) is 1. The lowest BCUT2D eigenvalue weighted by Gasteiger charge is -2.40. The lowest BCUT2D eigenvalue weighted by molar-refractivity contribution is -0.386. The topological polar surface area (TPSA) is 32.3 Å². The van der Waals surface area contributed by atoms with E-state index in [2.05, 4.69) is 0 Å². The second-order valence-electron chi connectivity index (χ2n) is 6.07. The zero-order valence-corrected chi connectivity index (χ0v) is 14.9. The molecule has 1 N–H and O–H groups in total. The Morgan fingerprint density at radius 3 is 1.30 bits per heavy atom. The highest BCUT2D eigenvalue weighted by Gasteiger charge is 2.85. The largest absolute Gasteiger partial charge is 0.429 e. The normalized spacial score (nSPS) is 13.6. The van der Waals surface area contributed by atoms with Gasteiger partial charge in [0.25, 0.3) is 0 Å². The molecule has 0 fully saturated rings. The van der Waals surface area contributed by atoms with Crippen LogP contribution in [0.5, 0.6) is 0 Å². The maximum atomic E-state index is 12.9. The van der Waals surface area contributed by atoms with Crippen molar-refractivity contribution in [3.8, 4) is 0 Å². The van der Waals surface area contributed by atoms with Crippen LogP contribution in [0.4, 0.5) is 44.3 Å². The van der Waals surface area contributed by atoms with E-state index in [4.69, 9.17) is 0 Å². The van der Waals surface area contributed by atoms with Crippen LogP contribution in [0.1, 0.15) is 52.4 Å². The first-order valence-corrected chi connectivity index (χ1v) is 8.43. The number of amides is 2. The molecule has 0 aliphatic heterocycles. The van der Waals surface area contributed by atoms with E-state index in [1.54, 1.807) is 13.8 Å². The molecule has 0 aromatic carbocycles. The van der Waals surface area contributed by atoms with Gasteiger partial charge in [-0.15, -0.1) is 0 Å². The van der Waals surface area contributed by atoms with Crippen molar-refractivity contribution < 1.29 is 44.3 Å². The van der Waals surface area contributed by atoms with E-state index in [1.165, 1.54) is 0 Å². The predicted molar refractivity (Wildman–Crippen MR) is 80.1 cm³/mol. The van der Waals surface area contributed by atoms with Crippen LogP contribution in [0.15, 0.2) is 0 Å². The lowest BCUT2D eigenvalue weighted by Crippen LogP contribution is -2.76. The summed E-state index contributed by atoms with van der Waals surface area (Å²) in [7, 11) is 0. The highest BCUT2D eigenvalue weighted by atomic mass is 19.4. The molecule has 0 saturated carbocycles. The Kier molecular flexibility index (Phi) is 9.23. The molecule has 0 aromatic rings. The minimum Gasteiger partial charge on any atom is -0.325 e. The summed E-state index contributed by atoms with van der Waals surface area (Å²) in [6.45, 7) is 3.05. The van der Waals surface area contributed by atoms with Crippen molar-refractivity contribution in [1.82, 2.24) is 10.2 Å². The number of urea groups is 1. The van der Waals surface area contributed by atoms with Gasteiger partial charge in [-0.1, -0.05) is 39.5 Å². The Hall–Kier alpha value is -1.36. The first-order chi connectivity index (χ1) is 12.2. The zero-order chi connectivity index (χ0) is 21.5. The van der Waals surface area contributed by atoms with Crippen molar-refractivity contribution in [3.05, 3.63) is 0 Å². The van der Waals surface area contributed by atoms with Crippen LogP contribution in [-0.4, -0.2) is 48.1 Å². The second-order valence-corrected chi connectivity index (χ2v) is 6.07. The number of carbonyl (C=O) groups excluding carboxylic acids is 1. The van der Waals surface area contributed by atoms with E-state index < -0.39 is 30.1 Å². The van der Waals surface area contributed by atoms with E-state index in [-0.39, 0.29) is 31.2 Å². The summed E-state index contributed by atoms with van der Waals surface area (Å²) in [5, 5.41) is 0.216. The van der Waals surface area contributed by atoms with Crippen LogP contribution in [0.3, 0.4) is 0 Å². The lowest BCUT2D eigenvalue weighted by atomic mass is 9.97. The molecule has 0 radical (unpaired) electrons. The van der Waals surface area contributed by atoms with Gasteiger partial charge in [0, 0.05) is 13.1 Å². The Labute approximate surface area is 151 Å². The van der Waals surface area contributed by atoms with E-state index in [9.17, 15) is 44.3 Å². The molecule has 0 aliphatic carbocycles. The third-order valence-corrected chi connectivity index (χ3v) is 3.92. The minimum atomic E-state index is -6.82. The average molecular weight is 418 g/mol. The van der Waals surface area contributed by atoms with Crippen molar-refractivity contribution in [2.45, 2.75) is 76.4 Å². The number of hydrogen-bond donors (Lipinski definition) is 1. The molecular weight excluding hydrogens is 395 g/mol. The van der Waals surface area contributed by atoms with Crippen LogP contribution < -0.4 is 5.32 Å². The maximum Gasteiger partial charge on any atom is 0.429 e. The zero-order valence-electron chi connectivity index (χ0n) is 14.9. The standard InChI is InChI=1S/C15H23F9N2O/c1-3-5-7-9-26(10-8-6-4-2)11(27)25-12(13(16,17)18,14(19,20)21)15(22,23)24/h3-10H2,1-2H3,(H,25,27). The fourth-order valence-corrected chi connectivity index (χ4v) is 2.35. The van der Waals surface area contributed by atoms with Gasteiger partial charge in [0.2, 0.25) is 0 Å². The second kappa shape index (κ2) is 9.72. The van der Waals surface area contributed by atoms with Crippen molar-refractivity contribution in [3.63, 3.8) is 0 Å². The number of unbranched alkanes of at least 4 members (excludes halogenated alkanes) is 4. The van der Waals surface area contributed by atoms with Crippen LogP contribution in [0, 0.1) is 0 Å². The maximum absolute atomic E-state index is 12.9. The molecule has 0 bridgehead atoms. The van der Waals surface area contributed by atoms with Crippen LogP contribution >= 0.6 is 0 Å². The summed E-state index contributed by atoms with van der Waals surface area (Å²) in [5.41, 5.74) is -6.34. The Bertz CT molecular complexity index is 412. The minimum absolute atomic E-state index is 0.216. The molecule has 3 nitrogen and oxygen atoms in total. The third-order valence-electron chi connectivity index (χ3n) is 3.92. The fourth-order valence-electron chi connectivity index (χ4n) is 2.35. The van der Waals surface area contributed by atoms with Crippen molar-refractivity contribution in [1.29, 1.82) is 0 Å². The Morgan fingerprint density at radius 2 is 1.04 bits per heavy atom. The highest BCUT2D eigenvalue weighted by molar-refractivity contribution is 5.75. The quantitative estimate of drug-likeness (QED) is 0.372. The van der Waals surface area contributed by atoms with Gasteiger partial charge in [-0.3, -0.25) is 0 Å². The molecule has 0 heterocycles. The number of nitrogens with one attached hydrogen (secondary N) is 1. The van der Waals surface area contributed by atoms with Gasteiger partial charge in [-0.2, -0.15) is 39.5 Å². The summed E-state index contributed by atoms with van der Waals surface area (Å²) in [5.74, 6) is 0. The van der Waals surface area contributed by atoms with Gasteiger partial charge < -0.3 is 10.2 Å². The number of rotatable bonds is 9. The molecule has 0 saturated heterocycles. The van der Waals surface area contributed by atoms with Crippen molar-refractivity contribution in [2.24, 2.45) is 0 Å². The molecule has 162 valence electrons. The number of nitrogens with zero attached hydrogens (tertiary/aromatic N) is 1. The van der Waals surface area contributed by atoms with E-state index in [0.29, 0.717) is 30.6 Å². The van der Waals surface area contributed by atoms with Gasteiger partial charge in [0.05, 0.1) is 0 Å². The monoisotopic (exact) mass is 418 g/mol. The van der Waals surface area contributed by atoms with Gasteiger partial charge in [0.1, 0.15) is 0 Å². The molecule has 0 aliphatic rings. The summed E-state index contributed by atoms with van der Waals surface area (Å²) in [6.07, 6.45) is -17.7. The van der Waals surface area contributed by atoms with E-state index >= 15 is 0 Å². The molecule has 0 rings (SSSR count). The molecule has 27 heavy (non-hydrogen) atoms. The van der Waals surface area contributed by atoms with Crippen molar-refractivity contribution in [2.75, 3.05) is 13.1 Å². The summed E-state index contributed by atoms with van der Waals surface area (Å²) >= 11 is 0. The number of halogens is 9. The Morgan fingerprint density at radius 1 is 0.704 bits per heavy atom. The molecule has 0 spiro atoms. The predicted octanol–water partition coefficient (Wildman–Crippen LogP) is 5.80. The van der Waals surface area contributed by atoms with Gasteiger partial charge in [-0.05, 0) is 12.8 Å². The number of alkyl halides is 9. The fraction of sp³-hybridized carbons (Fsp3) is 0.933. The first-order valence-electron chi connectivity index (χ1n) is 8.43. The SMILES string of the molecule is CCCCCN(CCCCC)C(=O)NC(C(F)(F)F)(C(F)(F)F)C(F)(F)F. The van der Waals surface area contributed by atoms with Crippen LogP contribution in [0.25, 0.3) is 0 Å². The van der Waals surface area contributed by atoms with Crippen LogP contribution in [-0.2, 0) is 0 Å². The van der Waals surface area contributed by atoms with E-state index in [1.807, 2.05) is 0 Å². The van der Waals surface area contributed by atoms with E-state index in [0.717, 1.165) is 0 Å². The smallest absolute Gasteiger partial charge is 0.325 e. The molecule has 0 aromatic heterocycles. The molecule has 12 heteroatoms. The molecular formula is C15H23F9N2O. The molecule has 0 atom stereocenters. The summed E-state index contributed by atoms with van der Waals surface area (Å²) in [6, 6.07) is -2.05. The molecule has 0 unspecified atom stereocenters. The average Bonchev–Trinajstić information content (AvgIpc) is 2.47. The van der Waals surface area contributed by atoms with Gasteiger partial charge in [0.15, 0.2) is 0 Å². The van der Waals surface area contributed by atoms with Gasteiger partial charge >= 0.3 is 30.1 Å². The highest BCUT2D eigenvalue weighted by Crippen LogP contribution is 2.52. The molecule has 2 amide bonds. The number of carbonyl (C=O) groups is 1. The first kappa shape index (κ1) is 25.6. The Balaban J connectivity index is 5.78. The van der Waals surface area contributed by atoms with Crippen LogP contribution in [0.2, 0.25) is 0 Å². The van der Waals surface area contributed by atoms with Gasteiger partial charge in [-0.25, -0.2) is 4.79 Å². The third kappa shape index (κ3) is 6.34. The van der Waals surface area contributed by atoms with Crippen molar-refractivity contribution >= 4 is 6.03 Å².